The highest BCUT2D eigenvalue weighted by atomic mass is 127. The molecular weight excluding hydrogens is 531 g/mol. The molecule has 180 valence electrons. The van der Waals surface area contributed by atoms with Crippen LogP contribution in [0.1, 0.15) is 36.5 Å². The number of hydrogen-bond acceptors (Lipinski definition) is 4. The first kappa shape index (κ1) is 26.9. The number of benzene rings is 2. The summed E-state index contributed by atoms with van der Waals surface area (Å²) < 4.78 is 10.9. The zero-order chi connectivity index (χ0) is 22.8. The molecule has 1 atom stereocenters. The van der Waals surface area contributed by atoms with Gasteiger partial charge in [0.2, 0.25) is 0 Å². The van der Waals surface area contributed by atoms with Crippen molar-refractivity contribution in [2.75, 3.05) is 32.1 Å². The van der Waals surface area contributed by atoms with Crippen LogP contribution < -0.4 is 20.7 Å². The fraction of sp³-hybridized carbons (Fsp3) is 0.440. The number of hydrogen-bond donors (Lipinski definition) is 3. The van der Waals surface area contributed by atoms with Gasteiger partial charge in [-0.3, -0.25) is 4.79 Å². The molecule has 0 bridgehead atoms. The second-order valence-corrected chi connectivity index (χ2v) is 7.88. The van der Waals surface area contributed by atoms with E-state index in [1.807, 2.05) is 37.3 Å². The molecule has 1 amide bonds. The van der Waals surface area contributed by atoms with E-state index >= 15 is 0 Å². The molecular formula is C25H35IN4O3. The number of guanidine groups is 1. The lowest BCUT2D eigenvalue weighted by atomic mass is 10.1. The Kier molecular flexibility index (Phi) is 11.5. The van der Waals surface area contributed by atoms with Crippen LogP contribution in [0.15, 0.2) is 47.5 Å². The first-order valence-electron chi connectivity index (χ1n) is 11.3. The van der Waals surface area contributed by atoms with Crippen molar-refractivity contribution < 1.29 is 14.3 Å². The van der Waals surface area contributed by atoms with Crippen LogP contribution in [0.4, 0.5) is 5.69 Å². The van der Waals surface area contributed by atoms with Crippen LogP contribution in [0.2, 0.25) is 0 Å². The number of rotatable bonds is 9. The Labute approximate surface area is 213 Å². The fourth-order valence-corrected chi connectivity index (χ4v) is 3.69. The van der Waals surface area contributed by atoms with Crippen molar-refractivity contribution >= 4 is 41.5 Å². The number of amides is 1. The van der Waals surface area contributed by atoms with E-state index in [0.717, 1.165) is 55.3 Å². The van der Waals surface area contributed by atoms with Gasteiger partial charge >= 0.3 is 0 Å². The summed E-state index contributed by atoms with van der Waals surface area (Å²) in [7, 11) is 1.70. The maximum Gasteiger partial charge on any atom is 0.253 e. The molecule has 0 aromatic heterocycles. The number of nitrogens with one attached hydrogen (secondary N) is 3. The van der Waals surface area contributed by atoms with Gasteiger partial charge in [-0.05, 0) is 62.4 Å². The summed E-state index contributed by atoms with van der Waals surface area (Å²) >= 11 is 0. The molecule has 8 heteroatoms. The summed E-state index contributed by atoms with van der Waals surface area (Å²) in [5.41, 5.74) is 4.17. The number of anilines is 1. The molecule has 1 unspecified atom stereocenters. The Hall–Kier alpha value is -2.33. The number of carbonyl (C=O) groups is 1. The van der Waals surface area contributed by atoms with Gasteiger partial charge in [-0.1, -0.05) is 29.8 Å². The molecule has 1 saturated heterocycles. The Balaban J connectivity index is 0.00000385. The predicted octanol–water partition coefficient (Wildman–Crippen LogP) is 4.04. The molecule has 0 saturated carbocycles. The monoisotopic (exact) mass is 566 g/mol. The second kappa shape index (κ2) is 14.0. The standard InChI is InChI=1S/C25H34N4O3.HI/c1-4-26-25(27-13-12-20-15-18(2)10-11-22(20)31-3)28-17-19-7-5-8-21(16-19)29-24(30)23-9-6-14-32-23;/h5,7-8,10-11,15-16,23H,4,6,9,12-14,17H2,1-3H3,(H,29,30)(H2,26,27,28);1H. The Morgan fingerprint density at radius 1 is 1.21 bits per heavy atom. The number of carbonyl (C=O) groups excluding carboxylic acids is 1. The van der Waals surface area contributed by atoms with E-state index in [-0.39, 0.29) is 36.0 Å². The molecule has 33 heavy (non-hydrogen) atoms. The van der Waals surface area contributed by atoms with E-state index in [9.17, 15) is 4.79 Å². The van der Waals surface area contributed by atoms with Gasteiger partial charge in [-0.2, -0.15) is 0 Å². The van der Waals surface area contributed by atoms with E-state index in [0.29, 0.717) is 13.2 Å². The number of aryl methyl sites for hydroxylation is 1. The molecule has 2 aromatic carbocycles. The minimum atomic E-state index is -0.340. The first-order chi connectivity index (χ1) is 15.6. The van der Waals surface area contributed by atoms with Crippen LogP contribution in [0.3, 0.4) is 0 Å². The van der Waals surface area contributed by atoms with Gasteiger partial charge in [-0.15, -0.1) is 24.0 Å². The van der Waals surface area contributed by atoms with Crippen molar-refractivity contribution in [2.24, 2.45) is 4.99 Å². The Morgan fingerprint density at radius 3 is 2.79 bits per heavy atom. The normalized spacial score (nSPS) is 15.5. The molecule has 1 fully saturated rings. The van der Waals surface area contributed by atoms with Crippen LogP contribution >= 0.6 is 24.0 Å². The molecule has 1 heterocycles. The number of nitrogens with zero attached hydrogens (tertiary/aromatic N) is 1. The van der Waals surface area contributed by atoms with Crippen LogP contribution in [0.25, 0.3) is 0 Å². The van der Waals surface area contributed by atoms with Crippen molar-refractivity contribution in [3.63, 3.8) is 0 Å². The third kappa shape index (κ3) is 8.51. The lowest BCUT2D eigenvalue weighted by molar-refractivity contribution is -0.124. The average molecular weight is 566 g/mol. The number of ether oxygens (including phenoxy) is 2. The molecule has 2 aromatic rings. The highest BCUT2D eigenvalue weighted by Gasteiger charge is 2.23. The van der Waals surface area contributed by atoms with Crippen LogP contribution in [-0.2, 0) is 22.5 Å². The molecule has 1 aliphatic rings. The average Bonchev–Trinajstić information content (AvgIpc) is 3.33. The summed E-state index contributed by atoms with van der Waals surface area (Å²) in [5, 5.41) is 9.62. The smallest absolute Gasteiger partial charge is 0.253 e. The lowest BCUT2D eigenvalue weighted by Gasteiger charge is -2.14. The van der Waals surface area contributed by atoms with Gasteiger partial charge in [0.15, 0.2) is 5.96 Å². The van der Waals surface area contributed by atoms with Crippen LogP contribution in [-0.4, -0.2) is 44.8 Å². The van der Waals surface area contributed by atoms with Gasteiger partial charge < -0.3 is 25.4 Å². The topological polar surface area (TPSA) is 84.0 Å². The van der Waals surface area contributed by atoms with Gasteiger partial charge in [0, 0.05) is 25.4 Å². The third-order valence-electron chi connectivity index (χ3n) is 5.30. The van der Waals surface area contributed by atoms with E-state index in [1.54, 1.807) is 7.11 Å². The second-order valence-electron chi connectivity index (χ2n) is 7.88. The van der Waals surface area contributed by atoms with Crippen LogP contribution in [0.5, 0.6) is 5.75 Å². The maximum atomic E-state index is 12.3. The van der Waals surface area contributed by atoms with Crippen molar-refractivity contribution in [2.45, 2.75) is 45.8 Å². The zero-order valence-corrected chi connectivity index (χ0v) is 22.0. The van der Waals surface area contributed by atoms with Crippen molar-refractivity contribution in [1.82, 2.24) is 10.6 Å². The minimum Gasteiger partial charge on any atom is -0.496 e. The molecule has 0 spiro atoms. The highest BCUT2D eigenvalue weighted by Crippen LogP contribution is 2.20. The SMILES string of the molecule is CCNC(=NCc1cccc(NC(=O)C2CCCO2)c1)NCCc1cc(C)ccc1OC.I. The van der Waals surface area contributed by atoms with Gasteiger partial charge in [0.05, 0.1) is 13.7 Å². The summed E-state index contributed by atoms with van der Waals surface area (Å²) in [6.07, 6.45) is 2.21. The summed E-state index contributed by atoms with van der Waals surface area (Å²) in [6, 6.07) is 14.0. The summed E-state index contributed by atoms with van der Waals surface area (Å²) in [4.78, 5) is 17.0. The Bertz CT molecular complexity index is 930. The summed E-state index contributed by atoms with van der Waals surface area (Å²) in [5.74, 6) is 1.58. The fourth-order valence-electron chi connectivity index (χ4n) is 3.69. The molecule has 0 aliphatic carbocycles. The molecule has 3 rings (SSSR count). The van der Waals surface area contributed by atoms with Gasteiger partial charge in [0.1, 0.15) is 11.9 Å². The predicted molar refractivity (Wildman–Crippen MR) is 144 cm³/mol. The first-order valence-corrected chi connectivity index (χ1v) is 11.3. The molecule has 0 radical (unpaired) electrons. The van der Waals surface area contributed by atoms with Crippen LogP contribution in [0, 0.1) is 6.92 Å². The highest BCUT2D eigenvalue weighted by molar-refractivity contribution is 14.0. The zero-order valence-electron chi connectivity index (χ0n) is 19.6. The lowest BCUT2D eigenvalue weighted by Crippen LogP contribution is -2.38. The number of methoxy groups -OCH3 is 1. The van der Waals surface area contributed by atoms with Crippen molar-refractivity contribution in [3.05, 3.63) is 59.2 Å². The maximum absolute atomic E-state index is 12.3. The van der Waals surface area contributed by atoms with Crippen molar-refractivity contribution in [1.29, 1.82) is 0 Å². The Morgan fingerprint density at radius 2 is 2.06 bits per heavy atom. The van der Waals surface area contributed by atoms with E-state index in [1.165, 1.54) is 11.1 Å². The van der Waals surface area contributed by atoms with E-state index in [4.69, 9.17) is 14.5 Å². The summed E-state index contributed by atoms with van der Waals surface area (Å²) in [6.45, 7) is 6.80. The number of halogens is 1. The van der Waals surface area contributed by atoms with Crippen molar-refractivity contribution in [3.8, 4) is 5.75 Å². The van der Waals surface area contributed by atoms with E-state index < -0.39 is 0 Å². The van der Waals surface area contributed by atoms with Gasteiger partial charge in [-0.25, -0.2) is 4.99 Å². The largest absolute Gasteiger partial charge is 0.496 e. The third-order valence-corrected chi connectivity index (χ3v) is 5.30. The number of aliphatic imine (C=N–C) groups is 1. The molecule has 3 N–H and O–H groups in total. The molecule has 7 nitrogen and oxygen atoms in total. The van der Waals surface area contributed by atoms with E-state index in [2.05, 4.69) is 35.0 Å². The molecule has 1 aliphatic heterocycles. The van der Waals surface area contributed by atoms with Gasteiger partial charge in [0.25, 0.3) is 5.91 Å². The minimum absolute atomic E-state index is 0. The quantitative estimate of drug-likeness (QED) is 0.243.